The molecule has 0 saturated heterocycles. The topological polar surface area (TPSA) is 162 Å². The maximum Gasteiger partial charge on any atom is 0.259 e. The van der Waals surface area contributed by atoms with E-state index >= 15 is 0 Å². The molecule has 1 aromatic heterocycles. The number of amides is 3. The van der Waals surface area contributed by atoms with Crippen LogP contribution in [0.25, 0.3) is 10.9 Å². The zero-order valence-corrected chi connectivity index (χ0v) is 27.3. The maximum atomic E-state index is 14.1. The number of hydrogen-bond donors (Lipinski definition) is 2. The Balaban J connectivity index is 1.18. The molecule has 47 heavy (non-hydrogen) atoms. The Kier molecular flexibility index (Phi) is 8.17. The lowest BCUT2D eigenvalue weighted by molar-refractivity contribution is -0.140. The largest absolute Gasteiger partial charge is 0.489 e. The molecule has 5 atom stereocenters. The Labute approximate surface area is 273 Å². The molecule has 2 N–H and O–H groups in total. The summed E-state index contributed by atoms with van der Waals surface area (Å²) in [5.74, 6) is -1.33. The summed E-state index contributed by atoms with van der Waals surface area (Å²) in [5, 5.41) is 3.01. The van der Waals surface area contributed by atoms with E-state index in [4.69, 9.17) is 18.9 Å². The van der Waals surface area contributed by atoms with Crippen molar-refractivity contribution < 1.29 is 41.7 Å². The van der Waals surface area contributed by atoms with E-state index in [1.807, 2.05) is 25.1 Å². The highest BCUT2D eigenvalue weighted by Gasteiger charge is 2.62. The Hall–Kier alpha value is -4.07. The van der Waals surface area contributed by atoms with E-state index in [2.05, 4.69) is 15.0 Å². The maximum absolute atomic E-state index is 14.1. The molecule has 252 valence electrons. The van der Waals surface area contributed by atoms with Gasteiger partial charge in [0.05, 0.1) is 23.7 Å². The molecule has 0 spiro atoms. The molecule has 3 saturated carbocycles. The van der Waals surface area contributed by atoms with E-state index in [-0.39, 0.29) is 37.9 Å². The Morgan fingerprint density at radius 3 is 2.77 bits per heavy atom. The number of ether oxygens (including phenoxy) is 4. The molecule has 2 aromatic rings. The van der Waals surface area contributed by atoms with Crippen molar-refractivity contribution in [1.82, 2.24) is 19.9 Å². The predicted molar refractivity (Wildman–Crippen MR) is 169 cm³/mol. The Morgan fingerprint density at radius 1 is 1.17 bits per heavy atom. The van der Waals surface area contributed by atoms with E-state index in [9.17, 15) is 22.8 Å². The van der Waals surface area contributed by atoms with Crippen LogP contribution in [-0.4, -0.2) is 79.9 Å². The second-order valence-corrected chi connectivity index (χ2v) is 15.1. The Morgan fingerprint density at radius 2 is 1.98 bits per heavy atom. The molecule has 3 aliphatic carbocycles. The summed E-state index contributed by atoms with van der Waals surface area (Å²) in [7, 11) is -2.07. The fourth-order valence-electron chi connectivity index (χ4n) is 6.99. The smallest absolute Gasteiger partial charge is 0.259 e. The molecular weight excluding hydrogens is 628 g/mol. The summed E-state index contributed by atoms with van der Waals surface area (Å²) in [5.41, 5.74) is -0.873. The number of carbonyl (C=O) groups is 3. The van der Waals surface area contributed by atoms with Gasteiger partial charge in [0, 0.05) is 31.0 Å². The van der Waals surface area contributed by atoms with Crippen LogP contribution in [0.15, 0.2) is 30.4 Å². The highest BCUT2D eigenvalue weighted by atomic mass is 32.2. The van der Waals surface area contributed by atoms with Crippen molar-refractivity contribution in [3.8, 4) is 23.1 Å². The highest BCUT2D eigenvalue weighted by molar-refractivity contribution is 7.91. The number of nitrogens with zero attached hydrogens (tertiary/aromatic N) is 2. The van der Waals surface area contributed by atoms with E-state index in [0.717, 1.165) is 19.3 Å². The molecule has 3 fully saturated rings. The number of allylic oxidation sites excluding steroid dienone is 1. The number of benzene rings is 1. The molecule has 5 unspecified atom stereocenters. The average Bonchev–Trinajstić information content (AvgIpc) is 3.91. The van der Waals surface area contributed by atoms with Crippen LogP contribution in [0.4, 0.5) is 0 Å². The highest BCUT2D eigenvalue weighted by Crippen LogP contribution is 2.48. The molecule has 5 aliphatic rings. The number of rotatable bonds is 7. The van der Waals surface area contributed by atoms with Gasteiger partial charge in [-0.25, -0.2) is 13.4 Å². The van der Waals surface area contributed by atoms with Crippen molar-refractivity contribution in [2.45, 2.75) is 75.2 Å². The molecule has 7 rings (SSSR count). The number of sulfonamides is 1. The number of pyridine rings is 1. The van der Waals surface area contributed by atoms with Crippen molar-refractivity contribution in [1.29, 1.82) is 0 Å². The second-order valence-electron chi connectivity index (χ2n) is 13.1. The number of nitrogens with one attached hydrogen (secondary N) is 2. The quantitative estimate of drug-likeness (QED) is 0.420. The summed E-state index contributed by atoms with van der Waals surface area (Å²) in [6, 6.07) is 5.31. The van der Waals surface area contributed by atoms with Crippen LogP contribution in [0.1, 0.15) is 58.3 Å². The van der Waals surface area contributed by atoms with Crippen molar-refractivity contribution in [3.05, 3.63) is 30.4 Å². The lowest BCUT2D eigenvalue weighted by Crippen LogP contribution is -2.54. The van der Waals surface area contributed by atoms with Gasteiger partial charge in [-0.3, -0.25) is 19.1 Å². The summed E-state index contributed by atoms with van der Waals surface area (Å²) < 4.78 is 51.1. The van der Waals surface area contributed by atoms with Crippen LogP contribution >= 0.6 is 0 Å². The van der Waals surface area contributed by atoms with Crippen molar-refractivity contribution in [3.63, 3.8) is 0 Å². The summed E-state index contributed by atoms with van der Waals surface area (Å²) in [4.78, 5) is 47.8. The molecule has 2 aliphatic heterocycles. The van der Waals surface area contributed by atoms with E-state index in [1.54, 1.807) is 24.1 Å². The zero-order chi connectivity index (χ0) is 32.9. The number of aromatic nitrogens is 1. The van der Waals surface area contributed by atoms with Gasteiger partial charge in [-0.1, -0.05) is 12.2 Å². The van der Waals surface area contributed by atoms with Crippen LogP contribution in [-0.2, 0) is 24.4 Å². The monoisotopic (exact) mass is 668 g/mol. The first kappa shape index (κ1) is 31.5. The van der Waals surface area contributed by atoms with Gasteiger partial charge in [-0.2, -0.15) is 0 Å². The molecule has 14 heteroatoms. The van der Waals surface area contributed by atoms with Crippen LogP contribution in [0, 0.1) is 17.8 Å². The minimum Gasteiger partial charge on any atom is -0.489 e. The van der Waals surface area contributed by atoms with Crippen molar-refractivity contribution >= 4 is 38.6 Å². The van der Waals surface area contributed by atoms with Gasteiger partial charge in [0.1, 0.15) is 22.9 Å². The van der Waals surface area contributed by atoms with Crippen LogP contribution in [0.2, 0.25) is 0 Å². The fraction of sp³-hybridized carbons (Fsp3) is 0.576. The minimum absolute atomic E-state index is 0.0740. The zero-order valence-electron chi connectivity index (χ0n) is 26.5. The summed E-state index contributed by atoms with van der Waals surface area (Å²) >= 11 is 0. The van der Waals surface area contributed by atoms with Gasteiger partial charge in [-0.15, -0.1) is 0 Å². The molecular formula is C33H40N4O9S. The van der Waals surface area contributed by atoms with Gasteiger partial charge in [0.2, 0.25) is 34.5 Å². The van der Waals surface area contributed by atoms with Crippen LogP contribution in [0.3, 0.4) is 0 Å². The normalized spacial score (nSPS) is 29.0. The molecule has 3 amide bonds. The molecule has 1 aromatic carbocycles. The molecule has 0 radical (unpaired) electrons. The van der Waals surface area contributed by atoms with Crippen LogP contribution in [0.5, 0.6) is 23.1 Å². The standard InChI is InChI=1S/C33H40N4O9S/c1-3-43-27-16-26(22-11-12-25-29(28(22)34-27)45-18-44-25)46-20-14-23-24(15-20)31(39)37(2)13-7-5-4-6-8-19-17-33(19,35-30(23)38)32(40)36-47(41,42)21-9-10-21/h6,8,11-12,16,19-21,23-24H,3-5,7,9-10,13-15,17-18H2,1-2H3,(H,35,38)(H,36,40). The van der Waals surface area contributed by atoms with Gasteiger partial charge < -0.3 is 29.2 Å². The predicted octanol–water partition coefficient (Wildman–Crippen LogP) is 2.82. The third kappa shape index (κ3) is 6.07. The first-order valence-electron chi connectivity index (χ1n) is 16.4. The second kappa shape index (κ2) is 12.2. The lowest BCUT2D eigenvalue weighted by Gasteiger charge is -2.26. The first-order chi connectivity index (χ1) is 22.6. The fourth-order valence-corrected chi connectivity index (χ4v) is 8.35. The minimum atomic E-state index is -3.82. The number of carbonyl (C=O) groups excluding carboxylic acids is 3. The summed E-state index contributed by atoms with van der Waals surface area (Å²) in [6.07, 6.45) is 7.51. The van der Waals surface area contributed by atoms with Gasteiger partial charge in [0.15, 0.2) is 11.5 Å². The first-order valence-corrected chi connectivity index (χ1v) is 18.0. The van der Waals surface area contributed by atoms with E-state index < -0.39 is 50.6 Å². The number of hydrogen-bond acceptors (Lipinski definition) is 10. The Bertz CT molecular complexity index is 1740. The van der Waals surface area contributed by atoms with E-state index in [1.165, 1.54) is 0 Å². The molecule has 3 heterocycles. The lowest BCUT2D eigenvalue weighted by atomic mass is 9.93. The third-order valence-electron chi connectivity index (χ3n) is 9.84. The molecule has 13 nitrogen and oxygen atoms in total. The number of fused-ring (bicyclic) bond motifs is 5. The van der Waals surface area contributed by atoms with Crippen molar-refractivity contribution in [2.24, 2.45) is 17.8 Å². The van der Waals surface area contributed by atoms with Gasteiger partial charge >= 0.3 is 0 Å². The van der Waals surface area contributed by atoms with E-state index in [0.29, 0.717) is 60.0 Å². The summed E-state index contributed by atoms with van der Waals surface area (Å²) in [6.45, 7) is 2.86. The van der Waals surface area contributed by atoms with Crippen molar-refractivity contribution in [2.75, 3.05) is 27.0 Å². The van der Waals surface area contributed by atoms with Gasteiger partial charge in [0.25, 0.3) is 5.91 Å². The molecule has 0 bridgehead atoms. The average molecular weight is 669 g/mol. The third-order valence-corrected chi connectivity index (χ3v) is 11.7. The van der Waals surface area contributed by atoms with Gasteiger partial charge in [-0.05, 0) is 70.4 Å². The SMILES string of the molecule is CCOc1cc(OC2CC3C(=O)NC4(C(=O)NS(=O)(=O)C5CC5)CC4C=CCCCCN(C)C(=O)C3C2)c2ccc3c(c2n1)OCO3. The van der Waals surface area contributed by atoms with Crippen LogP contribution < -0.4 is 29.0 Å².